The molecule has 0 saturated carbocycles. The van der Waals surface area contributed by atoms with Crippen molar-refractivity contribution in [2.45, 2.75) is 0 Å². The smallest absolute Gasteiger partial charge is 0.336 e. The minimum atomic E-state index is -1.09. The number of hydrogen-bond acceptors (Lipinski definition) is 4. The van der Waals surface area contributed by atoms with Crippen molar-refractivity contribution in [3.63, 3.8) is 0 Å². The van der Waals surface area contributed by atoms with Gasteiger partial charge >= 0.3 is 5.97 Å². The molecule has 0 aromatic heterocycles. The number of amides is 1. The summed E-state index contributed by atoms with van der Waals surface area (Å²) in [6.07, 6.45) is 1.23. The zero-order chi connectivity index (χ0) is 17.8. The molecule has 0 fully saturated rings. The van der Waals surface area contributed by atoms with Crippen molar-refractivity contribution in [1.29, 1.82) is 0 Å². The van der Waals surface area contributed by atoms with Gasteiger partial charge in [0.1, 0.15) is 0 Å². The molecule has 0 spiro atoms. The molecule has 6 heteroatoms. The largest absolute Gasteiger partial charge is 0.872 e. The Bertz CT molecular complexity index is 996. The van der Waals surface area contributed by atoms with E-state index in [0.717, 1.165) is 10.8 Å². The molecule has 0 aliphatic carbocycles. The lowest BCUT2D eigenvalue weighted by molar-refractivity contribution is -0.268. The first kappa shape index (κ1) is 16.2. The Morgan fingerprint density at radius 1 is 0.960 bits per heavy atom. The van der Waals surface area contributed by atoms with Crippen LogP contribution in [0, 0.1) is 0 Å². The van der Waals surface area contributed by atoms with Crippen LogP contribution in [0.4, 0.5) is 0 Å². The molecule has 0 heterocycles. The predicted molar refractivity (Wildman–Crippen MR) is 91.9 cm³/mol. The maximum atomic E-state index is 12.2. The SMILES string of the molecule is O=C(NN=Cc1ccccc1C(=O)O)c1cc2ccccc2cc1[O-]. The Hall–Kier alpha value is -3.67. The molecular weight excluding hydrogens is 320 g/mol. The Morgan fingerprint density at radius 3 is 2.32 bits per heavy atom. The van der Waals surface area contributed by atoms with Crippen LogP contribution in [0.25, 0.3) is 10.8 Å². The van der Waals surface area contributed by atoms with E-state index in [-0.39, 0.29) is 11.1 Å². The van der Waals surface area contributed by atoms with Crippen LogP contribution in [0.5, 0.6) is 5.75 Å². The lowest BCUT2D eigenvalue weighted by Crippen LogP contribution is -2.19. The predicted octanol–water partition coefficient (Wildman–Crippen LogP) is 2.38. The average molecular weight is 333 g/mol. The Morgan fingerprint density at radius 2 is 1.60 bits per heavy atom. The van der Waals surface area contributed by atoms with Crippen LogP contribution in [0.3, 0.4) is 0 Å². The molecule has 0 atom stereocenters. The number of hydrazone groups is 1. The zero-order valence-electron chi connectivity index (χ0n) is 13.0. The lowest BCUT2D eigenvalue weighted by atomic mass is 10.1. The number of rotatable bonds is 4. The van der Waals surface area contributed by atoms with Crippen molar-refractivity contribution in [3.05, 3.63) is 77.4 Å². The van der Waals surface area contributed by atoms with Gasteiger partial charge in [-0.15, -0.1) is 0 Å². The standard InChI is InChI=1S/C19H14N2O4/c22-17-10-13-6-2-1-5-12(13)9-16(17)18(23)21-20-11-14-7-3-4-8-15(14)19(24)25/h1-11,22H,(H,21,23)(H,24,25)/p-1. The van der Waals surface area contributed by atoms with Crippen molar-refractivity contribution in [2.24, 2.45) is 5.10 Å². The number of benzene rings is 3. The average Bonchev–Trinajstić information content (AvgIpc) is 2.61. The first-order valence-corrected chi connectivity index (χ1v) is 7.42. The topological polar surface area (TPSA) is 102 Å². The van der Waals surface area contributed by atoms with Crippen molar-refractivity contribution < 1.29 is 19.8 Å². The summed E-state index contributed by atoms with van der Waals surface area (Å²) in [6.45, 7) is 0. The van der Waals surface area contributed by atoms with Gasteiger partial charge in [0.05, 0.1) is 11.8 Å². The van der Waals surface area contributed by atoms with Crippen molar-refractivity contribution in [1.82, 2.24) is 5.43 Å². The van der Waals surface area contributed by atoms with E-state index in [2.05, 4.69) is 10.5 Å². The number of nitrogens with one attached hydrogen (secondary N) is 1. The molecule has 124 valence electrons. The summed E-state index contributed by atoms with van der Waals surface area (Å²) in [5, 5.41) is 26.4. The van der Waals surface area contributed by atoms with E-state index < -0.39 is 17.6 Å². The van der Waals surface area contributed by atoms with Crippen LogP contribution >= 0.6 is 0 Å². The second kappa shape index (κ2) is 6.84. The maximum Gasteiger partial charge on any atom is 0.336 e. The molecule has 0 radical (unpaired) electrons. The third kappa shape index (κ3) is 3.48. The summed E-state index contributed by atoms with van der Waals surface area (Å²) in [5.41, 5.74) is 2.64. The second-order valence-electron chi connectivity index (χ2n) is 5.29. The molecule has 0 unspecified atom stereocenters. The number of carbonyl (C=O) groups excluding carboxylic acids is 1. The van der Waals surface area contributed by atoms with Crippen LogP contribution in [-0.2, 0) is 0 Å². The Labute approximate surface area is 143 Å². The van der Waals surface area contributed by atoms with E-state index in [1.54, 1.807) is 30.3 Å². The van der Waals surface area contributed by atoms with Crippen molar-refractivity contribution in [3.8, 4) is 5.75 Å². The number of carboxylic acid groups (broad SMARTS) is 1. The number of aromatic carboxylic acids is 1. The normalized spacial score (nSPS) is 10.9. The molecule has 0 aliphatic rings. The quantitative estimate of drug-likeness (QED) is 0.565. The van der Waals surface area contributed by atoms with E-state index >= 15 is 0 Å². The number of carbonyl (C=O) groups is 2. The molecule has 2 N–H and O–H groups in total. The highest BCUT2D eigenvalue weighted by atomic mass is 16.4. The summed E-state index contributed by atoms with van der Waals surface area (Å²) in [6, 6.07) is 16.4. The van der Waals surface area contributed by atoms with Gasteiger partial charge < -0.3 is 10.2 Å². The minimum Gasteiger partial charge on any atom is -0.872 e. The molecule has 0 bridgehead atoms. The number of hydrogen-bond donors (Lipinski definition) is 2. The third-order valence-corrected chi connectivity index (χ3v) is 3.65. The molecule has 0 aliphatic heterocycles. The highest BCUT2D eigenvalue weighted by Gasteiger charge is 2.09. The maximum absolute atomic E-state index is 12.2. The molecular formula is C19H13N2O4-. The second-order valence-corrected chi connectivity index (χ2v) is 5.29. The van der Waals surface area contributed by atoms with Gasteiger partial charge in [0, 0.05) is 11.1 Å². The molecule has 3 rings (SSSR count). The molecule has 0 saturated heterocycles. The summed E-state index contributed by atoms with van der Waals surface area (Å²) in [7, 11) is 0. The Balaban J connectivity index is 1.81. The molecule has 6 nitrogen and oxygen atoms in total. The number of nitrogens with zero attached hydrogens (tertiary/aromatic N) is 1. The van der Waals surface area contributed by atoms with Crippen LogP contribution in [0.1, 0.15) is 26.3 Å². The van der Waals surface area contributed by atoms with Crippen LogP contribution in [-0.4, -0.2) is 23.2 Å². The summed E-state index contributed by atoms with van der Waals surface area (Å²) >= 11 is 0. The van der Waals surface area contributed by atoms with E-state index in [0.29, 0.717) is 5.56 Å². The molecule has 3 aromatic carbocycles. The van der Waals surface area contributed by atoms with Gasteiger partial charge in [0.25, 0.3) is 5.91 Å². The number of carboxylic acids is 1. The van der Waals surface area contributed by atoms with E-state index in [1.165, 1.54) is 24.4 Å². The van der Waals surface area contributed by atoms with Crippen LogP contribution in [0.15, 0.2) is 65.8 Å². The summed E-state index contributed by atoms with van der Waals surface area (Å²) < 4.78 is 0. The van der Waals surface area contributed by atoms with Gasteiger partial charge in [-0.1, -0.05) is 54.3 Å². The van der Waals surface area contributed by atoms with Crippen LogP contribution in [0.2, 0.25) is 0 Å². The summed E-state index contributed by atoms with van der Waals surface area (Å²) in [5.74, 6) is -2.15. The minimum absolute atomic E-state index is 0.0256. The van der Waals surface area contributed by atoms with Gasteiger partial charge in [-0.3, -0.25) is 4.79 Å². The first-order chi connectivity index (χ1) is 12.1. The van der Waals surface area contributed by atoms with Gasteiger partial charge in [0.15, 0.2) is 0 Å². The van der Waals surface area contributed by atoms with Crippen molar-refractivity contribution in [2.75, 3.05) is 0 Å². The van der Waals surface area contributed by atoms with Gasteiger partial charge in [-0.25, -0.2) is 10.2 Å². The summed E-state index contributed by atoms with van der Waals surface area (Å²) in [4.78, 5) is 23.3. The Kier molecular flexibility index (Phi) is 4.43. The molecule has 3 aromatic rings. The van der Waals surface area contributed by atoms with E-state index in [4.69, 9.17) is 5.11 Å². The molecule has 25 heavy (non-hydrogen) atoms. The fraction of sp³-hybridized carbons (Fsp3) is 0. The monoisotopic (exact) mass is 333 g/mol. The van der Waals surface area contributed by atoms with Gasteiger partial charge in [-0.2, -0.15) is 5.10 Å². The number of fused-ring (bicyclic) bond motifs is 1. The van der Waals surface area contributed by atoms with Gasteiger partial charge in [-0.05, 0) is 22.9 Å². The van der Waals surface area contributed by atoms with Gasteiger partial charge in [0.2, 0.25) is 0 Å². The lowest BCUT2D eigenvalue weighted by Gasteiger charge is -2.13. The fourth-order valence-electron chi connectivity index (χ4n) is 2.42. The van der Waals surface area contributed by atoms with E-state index in [9.17, 15) is 14.7 Å². The fourth-order valence-corrected chi connectivity index (χ4v) is 2.42. The third-order valence-electron chi connectivity index (χ3n) is 3.65. The highest BCUT2D eigenvalue weighted by molar-refractivity contribution is 6.02. The first-order valence-electron chi connectivity index (χ1n) is 7.42. The van der Waals surface area contributed by atoms with Crippen LogP contribution < -0.4 is 10.5 Å². The van der Waals surface area contributed by atoms with E-state index in [1.807, 2.05) is 12.1 Å². The molecule has 1 amide bonds. The zero-order valence-corrected chi connectivity index (χ0v) is 13.0. The highest BCUT2D eigenvalue weighted by Crippen LogP contribution is 2.22. The van der Waals surface area contributed by atoms with Crippen molar-refractivity contribution >= 4 is 28.9 Å².